The summed E-state index contributed by atoms with van der Waals surface area (Å²) in [4.78, 5) is 0. The van der Waals surface area contributed by atoms with Gasteiger partial charge in [0.05, 0.1) is 19.4 Å². The number of hydrogen-bond donors (Lipinski definition) is 0. The van der Waals surface area contributed by atoms with Crippen LogP contribution in [-0.2, 0) is 23.1 Å². The molecule has 0 bridgehead atoms. The van der Waals surface area contributed by atoms with Crippen LogP contribution >= 0.6 is 7.60 Å². The summed E-state index contributed by atoms with van der Waals surface area (Å²) in [6.45, 7) is 11.1. The highest BCUT2D eigenvalue weighted by Crippen LogP contribution is 2.49. The molecule has 0 aromatic rings. The van der Waals surface area contributed by atoms with Gasteiger partial charge in [0.2, 0.25) is 0 Å². The second-order valence-electron chi connectivity index (χ2n) is 3.92. The second-order valence-corrected chi connectivity index (χ2v) is 6.11. The van der Waals surface area contributed by atoms with E-state index >= 15 is 0 Å². The van der Waals surface area contributed by atoms with Gasteiger partial charge in [-0.1, -0.05) is 0 Å². The molecule has 0 saturated carbocycles. The van der Waals surface area contributed by atoms with Crippen LogP contribution in [0.2, 0.25) is 0 Å². The minimum Gasteiger partial charge on any atom is -0.351 e. The second kappa shape index (κ2) is 9.05. The average Bonchev–Trinajstić information content (AvgIpc) is 2.28. The van der Waals surface area contributed by atoms with Gasteiger partial charge in [-0.15, -0.1) is 0 Å². The zero-order chi connectivity index (χ0) is 14.1. The van der Waals surface area contributed by atoms with Crippen LogP contribution in [0.25, 0.3) is 0 Å². The third-order valence-electron chi connectivity index (χ3n) is 2.39. The molecule has 0 aliphatic heterocycles. The lowest BCUT2D eigenvalue weighted by atomic mass is 10.2. The molecule has 0 rings (SSSR count). The fourth-order valence-corrected chi connectivity index (χ4v) is 3.50. The Balaban J connectivity index is 4.50. The van der Waals surface area contributed by atoms with Gasteiger partial charge in [0, 0.05) is 19.6 Å². The van der Waals surface area contributed by atoms with Gasteiger partial charge in [-0.3, -0.25) is 4.57 Å². The Kier molecular flexibility index (Phi) is 9.09. The third kappa shape index (κ3) is 6.86. The molecule has 0 unspecified atom stereocenters. The molecular weight excluding hydrogens is 255 g/mol. The molecule has 0 N–H and O–H groups in total. The maximum Gasteiger partial charge on any atom is 0.330 e. The highest BCUT2D eigenvalue weighted by Gasteiger charge is 2.32. The molecular formula is C12H27O5P. The quantitative estimate of drug-likeness (QED) is 0.429. The van der Waals surface area contributed by atoms with Crippen LogP contribution in [0.4, 0.5) is 0 Å². The van der Waals surface area contributed by atoms with Crippen molar-refractivity contribution in [2.24, 2.45) is 0 Å². The normalized spacial score (nSPS) is 12.9. The minimum absolute atomic E-state index is 0.297. The monoisotopic (exact) mass is 282 g/mol. The van der Waals surface area contributed by atoms with Crippen molar-refractivity contribution < 1.29 is 23.1 Å². The first-order valence-corrected chi connectivity index (χ1v) is 8.34. The van der Waals surface area contributed by atoms with Crippen LogP contribution in [0, 0.1) is 0 Å². The third-order valence-corrected chi connectivity index (χ3v) is 4.47. The van der Waals surface area contributed by atoms with Gasteiger partial charge >= 0.3 is 7.60 Å². The lowest BCUT2D eigenvalue weighted by molar-refractivity contribution is -0.221. The maximum atomic E-state index is 12.3. The molecule has 0 aliphatic rings. The Hall–Kier alpha value is 0.0700. The van der Waals surface area contributed by atoms with E-state index in [1.807, 2.05) is 20.8 Å². The summed E-state index contributed by atoms with van der Waals surface area (Å²) >= 11 is 0. The topological polar surface area (TPSA) is 54.0 Å². The van der Waals surface area contributed by atoms with E-state index in [2.05, 4.69) is 0 Å². The van der Waals surface area contributed by atoms with Crippen molar-refractivity contribution in [1.82, 2.24) is 0 Å². The molecule has 0 aromatic carbocycles. The standard InChI is InChI=1S/C12H27O5P/c1-6-14-12(5,15-7-2)10-11-18(13,16-8-3)17-9-4/h6-11H2,1-5H3. The van der Waals surface area contributed by atoms with Crippen LogP contribution in [0.15, 0.2) is 0 Å². The molecule has 0 amide bonds. The molecule has 0 atom stereocenters. The van der Waals surface area contributed by atoms with E-state index < -0.39 is 13.4 Å². The first-order valence-electron chi connectivity index (χ1n) is 6.61. The molecule has 110 valence electrons. The van der Waals surface area contributed by atoms with Gasteiger partial charge in [0.15, 0.2) is 5.79 Å². The Morgan fingerprint density at radius 1 is 0.889 bits per heavy atom. The summed E-state index contributed by atoms with van der Waals surface area (Å²) in [6, 6.07) is 0. The Morgan fingerprint density at radius 2 is 1.33 bits per heavy atom. The summed E-state index contributed by atoms with van der Waals surface area (Å²) in [5.41, 5.74) is 0. The average molecular weight is 282 g/mol. The van der Waals surface area contributed by atoms with Crippen molar-refractivity contribution in [3.63, 3.8) is 0 Å². The predicted octanol–water partition coefficient (Wildman–Crippen LogP) is 3.43. The van der Waals surface area contributed by atoms with Crippen LogP contribution < -0.4 is 0 Å². The molecule has 0 aliphatic carbocycles. The van der Waals surface area contributed by atoms with E-state index in [-0.39, 0.29) is 0 Å². The van der Waals surface area contributed by atoms with Crippen molar-refractivity contribution in [3.8, 4) is 0 Å². The van der Waals surface area contributed by atoms with Crippen LogP contribution in [0.1, 0.15) is 41.0 Å². The lowest BCUT2D eigenvalue weighted by Gasteiger charge is -2.30. The minimum atomic E-state index is -3.02. The van der Waals surface area contributed by atoms with Crippen molar-refractivity contribution in [3.05, 3.63) is 0 Å². The molecule has 18 heavy (non-hydrogen) atoms. The summed E-state index contributed by atoms with van der Waals surface area (Å²) in [5.74, 6) is -0.729. The fourth-order valence-electron chi connectivity index (χ4n) is 1.70. The fraction of sp³-hybridized carbons (Fsp3) is 1.00. The molecule has 0 aromatic heterocycles. The molecule has 6 heteroatoms. The predicted molar refractivity (Wildman–Crippen MR) is 72.0 cm³/mol. The van der Waals surface area contributed by atoms with Crippen molar-refractivity contribution in [1.29, 1.82) is 0 Å². The summed E-state index contributed by atoms with van der Waals surface area (Å²) in [5, 5.41) is 0. The first kappa shape index (κ1) is 18.1. The van der Waals surface area contributed by atoms with E-state index in [1.165, 1.54) is 0 Å². The number of hydrogen-bond acceptors (Lipinski definition) is 5. The van der Waals surface area contributed by atoms with E-state index in [4.69, 9.17) is 18.5 Å². The number of ether oxygens (including phenoxy) is 2. The Morgan fingerprint density at radius 3 is 1.67 bits per heavy atom. The van der Waals surface area contributed by atoms with E-state index in [9.17, 15) is 4.57 Å². The molecule has 0 saturated heterocycles. The molecule has 0 fully saturated rings. The zero-order valence-corrected chi connectivity index (χ0v) is 13.1. The Bertz CT molecular complexity index is 241. The Labute approximate surface area is 111 Å². The summed E-state index contributed by atoms with van der Waals surface area (Å²) in [6.07, 6.45) is 0.775. The van der Waals surface area contributed by atoms with Gasteiger partial charge in [-0.2, -0.15) is 0 Å². The van der Waals surface area contributed by atoms with Crippen molar-refractivity contribution >= 4 is 7.60 Å². The lowest BCUT2D eigenvalue weighted by Crippen LogP contribution is -2.33. The van der Waals surface area contributed by atoms with E-state index in [0.29, 0.717) is 39.0 Å². The first-order chi connectivity index (χ1) is 8.45. The van der Waals surface area contributed by atoms with Gasteiger partial charge in [0.1, 0.15) is 0 Å². The smallest absolute Gasteiger partial charge is 0.330 e. The zero-order valence-electron chi connectivity index (χ0n) is 12.2. The molecule has 5 nitrogen and oxygen atoms in total. The van der Waals surface area contributed by atoms with Gasteiger partial charge < -0.3 is 18.5 Å². The SMILES string of the molecule is CCOC(C)(CCP(=O)(OCC)OCC)OCC. The van der Waals surface area contributed by atoms with Crippen molar-refractivity contribution in [2.45, 2.75) is 46.8 Å². The molecule has 0 spiro atoms. The summed E-state index contributed by atoms with van der Waals surface area (Å²) < 4.78 is 33.9. The molecule has 0 radical (unpaired) electrons. The highest BCUT2D eigenvalue weighted by atomic mass is 31.2. The van der Waals surface area contributed by atoms with E-state index in [0.717, 1.165) is 0 Å². The van der Waals surface area contributed by atoms with Crippen LogP contribution in [0.5, 0.6) is 0 Å². The van der Waals surface area contributed by atoms with Gasteiger partial charge in [-0.05, 0) is 34.6 Å². The molecule has 0 heterocycles. The highest BCUT2D eigenvalue weighted by molar-refractivity contribution is 7.53. The van der Waals surface area contributed by atoms with Gasteiger partial charge in [-0.25, -0.2) is 0 Å². The maximum absolute atomic E-state index is 12.3. The van der Waals surface area contributed by atoms with Crippen LogP contribution in [0.3, 0.4) is 0 Å². The summed E-state index contributed by atoms with van der Waals surface area (Å²) in [7, 11) is -3.02. The van der Waals surface area contributed by atoms with Crippen LogP contribution in [-0.4, -0.2) is 38.4 Å². The van der Waals surface area contributed by atoms with Gasteiger partial charge in [0.25, 0.3) is 0 Å². The largest absolute Gasteiger partial charge is 0.351 e. The van der Waals surface area contributed by atoms with Crippen molar-refractivity contribution in [2.75, 3.05) is 32.6 Å². The van der Waals surface area contributed by atoms with E-state index in [1.54, 1.807) is 13.8 Å². The number of rotatable bonds is 11.